The van der Waals surface area contributed by atoms with Crippen LogP contribution < -0.4 is 0 Å². The molecule has 1 aromatic rings. The second kappa shape index (κ2) is 3.08. The highest BCUT2D eigenvalue weighted by Crippen LogP contribution is 2.36. The SMILES string of the molecule is Cc1ccc(F)c2c1C(C(=O)O)CC2. The van der Waals surface area contributed by atoms with Crippen molar-refractivity contribution in [1.82, 2.24) is 0 Å². The van der Waals surface area contributed by atoms with E-state index >= 15 is 0 Å². The third kappa shape index (κ3) is 1.20. The van der Waals surface area contributed by atoms with E-state index in [9.17, 15) is 9.18 Å². The molecule has 0 radical (unpaired) electrons. The highest BCUT2D eigenvalue weighted by atomic mass is 19.1. The molecular weight excluding hydrogens is 183 g/mol. The molecule has 1 N–H and O–H groups in total. The summed E-state index contributed by atoms with van der Waals surface area (Å²) in [7, 11) is 0. The third-order valence-corrected chi connectivity index (χ3v) is 2.85. The van der Waals surface area contributed by atoms with E-state index in [2.05, 4.69) is 0 Å². The van der Waals surface area contributed by atoms with Crippen molar-refractivity contribution in [2.75, 3.05) is 0 Å². The quantitative estimate of drug-likeness (QED) is 0.744. The molecule has 0 saturated carbocycles. The molecule has 3 heteroatoms. The number of aryl methyl sites for hydroxylation is 1. The van der Waals surface area contributed by atoms with Crippen LogP contribution in [0.1, 0.15) is 29.0 Å². The fourth-order valence-corrected chi connectivity index (χ4v) is 2.17. The zero-order valence-electron chi connectivity index (χ0n) is 7.88. The molecule has 1 atom stereocenters. The Balaban J connectivity index is 2.58. The van der Waals surface area contributed by atoms with Crippen molar-refractivity contribution in [2.24, 2.45) is 0 Å². The maximum Gasteiger partial charge on any atom is 0.311 e. The summed E-state index contributed by atoms with van der Waals surface area (Å²) >= 11 is 0. The Morgan fingerprint density at radius 3 is 2.93 bits per heavy atom. The Hall–Kier alpha value is -1.38. The van der Waals surface area contributed by atoms with Crippen molar-refractivity contribution >= 4 is 5.97 Å². The minimum Gasteiger partial charge on any atom is -0.481 e. The molecular formula is C11H11FO2. The molecule has 0 heterocycles. The maximum atomic E-state index is 13.3. The summed E-state index contributed by atoms with van der Waals surface area (Å²) in [6.45, 7) is 1.83. The van der Waals surface area contributed by atoms with E-state index in [1.807, 2.05) is 6.92 Å². The van der Waals surface area contributed by atoms with Gasteiger partial charge in [-0.3, -0.25) is 4.79 Å². The first-order chi connectivity index (χ1) is 6.61. The molecule has 1 aromatic carbocycles. The van der Waals surface area contributed by atoms with Crippen LogP contribution in [-0.2, 0) is 11.2 Å². The van der Waals surface area contributed by atoms with Crippen LogP contribution in [0.4, 0.5) is 4.39 Å². The van der Waals surface area contributed by atoms with Gasteiger partial charge in [0.2, 0.25) is 0 Å². The van der Waals surface area contributed by atoms with Crippen LogP contribution in [0.25, 0.3) is 0 Å². The third-order valence-electron chi connectivity index (χ3n) is 2.85. The van der Waals surface area contributed by atoms with E-state index in [1.165, 1.54) is 6.07 Å². The lowest BCUT2D eigenvalue weighted by atomic mass is 9.96. The zero-order valence-corrected chi connectivity index (χ0v) is 7.88. The number of hydrogen-bond donors (Lipinski definition) is 1. The number of benzene rings is 1. The average Bonchev–Trinajstić information content (AvgIpc) is 2.56. The molecule has 0 aliphatic heterocycles. The molecule has 2 rings (SSSR count). The summed E-state index contributed by atoms with van der Waals surface area (Å²) in [5.74, 6) is -1.63. The summed E-state index contributed by atoms with van der Waals surface area (Å²) in [5.41, 5.74) is 2.17. The van der Waals surface area contributed by atoms with Crippen LogP contribution in [0.2, 0.25) is 0 Å². The zero-order chi connectivity index (χ0) is 10.3. The number of rotatable bonds is 1. The first-order valence-electron chi connectivity index (χ1n) is 4.62. The fraction of sp³-hybridized carbons (Fsp3) is 0.364. The smallest absolute Gasteiger partial charge is 0.311 e. The lowest BCUT2D eigenvalue weighted by molar-refractivity contribution is -0.138. The molecule has 0 spiro atoms. The van der Waals surface area contributed by atoms with Crippen LogP contribution in [0.3, 0.4) is 0 Å². The molecule has 0 saturated heterocycles. The van der Waals surface area contributed by atoms with Gasteiger partial charge in [0, 0.05) is 0 Å². The number of halogens is 1. The summed E-state index contributed by atoms with van der Waals surface area (Å²) in [6.07, 6.45) is 1.06. The second-order valence-corrected chi connectivity index (χ2v) is 3.69. The number of carbonyl (C=O) groups is 1. The average molecular weight is 194 g/mol. The highest BCUT2D eigenvalue weighted by Gasteiger charge is 2.31. The molecule has 14 heavy (non-hydrogen) atoms. The van der Waals surface area contributed by atoms with E-state index in [-0.39, 0.29) is 5.82 Å². The summed E-state index contributed by atoms with van der Waals surface area (Å²) < 4.78 is 13.3. The van der Waals surface area contributed by atoms with Crippen LogP contribution in [-0.4, -0.2) is 11.1 Å². The predicted molar refractivity (Wildman–Crippen MR) is 49.8 cm³/mol. The largest absolute Gasteiger partial charge is 0.481 e. The first kappa shape index (κ1) is 9.19. The summed E-state index contributed by atoms with van der Waals surface area (Å²) in [4.78, 5) is 10.9. The van der Waals surface area contributed by atoms with E-state index in [1.54, 1.807) is 6.07 Å². The van der Waals surface area contributed by atoms with Crippen LogP contribution in [0.15, 0.2) is 12.1 Å². The highest BCUT2D eigenvalue weighted by molar-refractivity contribution is 5.78. The van der Waals surface area contributed by atoms with Crippen molar-refractivity contribution < 1.29 is 14.3 Å². The van der Waals surface area contributed by atoms with Crippen molar-refractivity contribution in [3.8, 4) is 0 Å². The predicted octanol–water partition coefficient (Wildman–Crippen LogP) is 2.25. The number of carboxylic acid groups (broad SMARTS) is 1. The Morgan fingerprint density at radius 1 is 1.57 bits per heavy atom. The fourth-order valence-electron chi connectivity index (χ4n) is 2.17. The number of carboxylic acids is 1. The Morgan fingerprint density at radius 2 is 2.29 bits per heavy atom. The van der Waals surface area contributed by atoms with Gasteiger partial charge in [0.1, 0.15) is 5.82 Å². The summed E-state index contributed by atoms with van der Waals surface area (Å²) in [6, 6.07) is 3.06. The van der Waals surface area contributed by atoms with Crippen molar-refractivity contribution in [1.29, 1.82) is 0 Å². The van der Waals surface area contributed by atoms with Gasteiger partial charge in [-0.1, -0.05) is 6.07 Å². The molecule has 0 aromatic heterocycles. The molecule has 1 aliphatic rings. The monoisotopic (exact) mass is 194 g/mol. The van der Waals surface area contributed by atoms with Gasteiger partial charge in [-0.05, 0) is 42.5 Å². The molecule has 0 amide bonds. The molecule has 1 unspecified atom stereocenters. The van der Waals surface area contributed by atoms with Gasteiger partial charge in [0.15, 0.2) is 0 Å². The van der Waals surface area contributed by atoms with E-state index in [4.69, 9.17) is 5.11 Å². The van der Waals surface area contributed by atoms with Gasteiger partial charge in [-0.25, -0.2) is 4.39 Å². The molecule has 0 fully saturated rings. The van der Waals surface area contributed by atoms with Crippen molar-refractivity contribution in [3.63, 3.8) is 0 Å². The second-order valence-electron chi connectivity index (χ2n) is 3.69. The Bertz CT molecular complexity index is 399. The molecule has 2 nitrogen and oxygen atoms in total. The minimum atomic E-state index is -0.850. The number of fused-ring (bicyclic) bond motifs is 1. The molecule has 74 valence electrons. The van der Waals surface area contributed by atoms with Gasteiger partial charge in [0.05, 0.1) is 5.92 Å². The maximum absolute atomic E-state index is 13.3. The van der Waals surface area contributed by atoms with Gasteiger partial charge in [-0.15, -0.1) is 0 Å². The van der Waals surface area contributed by atoms with Crippen LogP contribution >= 0.6 is 0 Å². The lowest BCUT2D eigenvalue weighted by Gasteiger charge is -2.09. The first-order valence-corrected chi connectivity index (χ1v) is 4.62. The Labute approximate surface area is 81.4 Å². The van der Waals surface area contributed by atoms with Crippen LogP contribution in [0, 0.1) is 12.7 Å². The van der Waals surface area contributed by atoms with Gasteiger partial charge < -0.3 is 5.11 Å². The standard InChI is InChI=1S/C11H11FO2/c1-6-2-5-9(12)7-3-4-8(10(6)7)11(13)14/h2,5,8H,3-4H2,1H3,(H,13,14). The van der Waals surface area contributed by atoms with Gasteiger partial charge >= 0.3 is 5.97 Å². The number of aliphatic carboxylic acids is 1. The molecule has 1 aliphatic carbocycles. The summed E-state index contributed by atoms with van der Waals surface area (Å²) in [5, 5.41) is 8.95. The van der Waals surface area contributed by atoms with Gasteiger partial charge in [-0.2, -0.15) is 0 Å². The van der Waals surface area contributed by atoms with E-state index in [0.717, 1.165) is 5.56 Å². The van der Waals surface area contributed by atoms with Crippen molar-refractivity contribution in [3.05, 3.63) is 34.6 Å². The normalized spacial score (nSPS) is 19.4. The van der Waals surface area contributed by atoms with Crippen LogP contribution in [0.5, 0.6) is 0 Å². The minimum absolute atomic E-state index is 0.269. The Kier molecular flexibility index (Phi) is 2.02. The lowest BCUT2D eigenvalue weighted by Crippen LogP contribution is -2.09. The van der Waals surface area contributed by atoms with E-state index < -0.39 is 11.9 Å². The van der Waals surface area contributed by atoms with Gasteiger partial charge in [0.25, 0.3) is 0 Å². The number of hydrogen-bond acceptors (Lipinski definition) is 1. The van der Waals surface area contributed by atoms with E-state index in [0.29, 0.717) is 24.0 Å². The molecule has 0 bridgehead atoms. The van der Waals surface area contributed by atoms with Crippen molar-refractivity contribution in [2.45, 2.75) is 25.7 Å². The topological polar surface area (TPSA) is 37.3 Å².